The minimum atomic E-state index is -0.139. The highest BCUT2D eigenvalue weighted by Crippen LogP contribution is 2.21. The summed E-state index contributed by atoms with van der Waals surface area (Å²) in [5, 5.41) is 6.90. The minimum absolute atomic E-state index is 0.139. The summed E-state index contributed by atoms with van der Waals surface area (Å²) in [6.07, 6.45) is 2.09. The SMILES string of the molecule is CCOc1ccc(-c2noc(CCC(=O)Nc3cccc(CN4CCCC4=O)c3)n2)cc1. The topological polar surface area (TPSA) is 97.6 Å². The van der Waals surface area contributed by atoms with Crippen LogP contribution in [0.2, 0.25) is 0 Å². The molecule has 3 aromatic rings. The van der Waals surface area contributed by atoms with Gasteiger partial charge in [0.25, 0.3) is 0 Å². The lowest BCUT2D eigenvalue weighted by molar-refractivity contribution is -0.128. The summed E-state index contributed by atoms with van der Waals surface area (Å²) >= 11 is 0. The van der Waals surface area contributed by atoms with E-state index in [1.54, 1.807) is 0 Å². The van der Waals surface area contributed by atoms with Gasteiger partial charge >= 0.3 is 0 Å². The molecule has 1 aliphatic heterocycles. The molecule has 0 saturated carbocycles. The number of likely N-dealkylation sites (tertiary alicyclic amines) is 1. The number of hydrogen-bond donors (Lipinski definition) is 1. The molecule has 2 aromatic carbocycles. The van der Waals surface area contributed by atoms with Crippen molar-refractivity contribution in [1.82, 2.24) is 15.0 Å². The van der Waals surface area contributed by atoms with Gasteiger partial charge in [0.2, 0.25) is 23.5 Å². The summed E-state index contributed by atoms with van der Waals surface area (Å²) in [6.45, 7) is 3.90. The van der Waals surface area contributed by atoms with E-state index in [1.165, 1.54) is 0 Å². The highest BCUT2D eigenvalue weighted by Gasteiger charge is 2.20. The third-order valence-electron chi connectivity index (χ3n) is 5.21. The summed E-state index contributed by atoms with van der Waals surface area (Å²) in [5.74, 6) is 1.72. The van der Waals surface area contributed by atoms with Crippen LogP contribution in [0.15, 0.2) is 53.1 Å². The number of nitrogens with one attached hydrogen (secondary N) is 1. The van der Waals surface area contributed by atoms with Crippen molar-refractivity contribution in [3.05, 3.63) is 60.0 Å². The Morgan fingerprint density at radius 3 is 2.81 bits per heavy atom. The predicted octanol–water partition coefficient (Wildman–Crippen LogP) is 3.83. The maximum absolute atomic E-state index is 12.4. The summed E-state index contributed by atoms with van der Waals surface area (Å²) in [7, 11) is 0. The van der Waals surface area contributed by atoms with E-state index in [-0.39, 0.29) is 18.2 Å². The number of ether oxygens (including phenoxy) is 1. The Labute approximate surface area is 186 Å². The van der Waals surface area contributed by atoms with E-state index in [0.717, 1.165) is 29.8 Å². The van der Waals surface area contributed by atoms with E-state index in [4.69, 9.17) is 9.26 Å². The lowest BCUT2D eigenvalue weighted by Gasteiger charge is -2.16. The molecule has 0 aliphatic carbocycles. The van der Waals surface area contributed by atoms with Crippen molar-refractivity contribution in [3.8, 4) is 17.1 Å². The molecule has 1 saturated heterocycles. The maximum Gasteiger partial charge on any atom is 0.227 e. The summed E-state index contributed by atoms with van der Waals surface area (Å²) in [6, 6.07) is 15.0. The molecule has 4 rings (SSSR count). The van der Waals surface area contributed by atoms with Gasteiger partial charge in [0.15, 0.2) is 0 Å². The van der Waals surface area contributed by atoms with Crippen LogP contribution in [0.1, 0.15) is 37.6 Å². The molecule has 0 atom stereocenters. The predicted molar refractivity (Wildman–Crippen MR) is 119 cm³/mol. The van der Waals surface area contributed by atoms with E-state index in [1.807, 2.05) is 60.4 Å². The molecule has 32 heavy (non-hydrogen) atoms. The molecule has 2 amide bonds. The third kappa shape index (κ3) is 5.51. The number of rotatable bonds is 9. The van der Waals surface area contributed by atoms with Gasteiger partial charge in [0, 0.05) is 43.6 Å². The number of carbonyl (C=O) groups excluding carboxylic acids is 2. The number of aromatic nitrogens is 2. The van der Waals surface area contributed by atoms with Crippen LogP contribution < -0.4 is 10.1 Å². The van der Waals surface area contributed by atoms with Crippen molar-refractivity contribution in [2.24, 2.45) is 0 Å². The fraction of sp³-hybridized carbons (Fsp3) is 0.333. The van der Waals surface area contributed by atoms with Crippen molar-refractivity contribution in [2.75, 3.05) is 18.5 Å². The van der Waals surface area contributed by atoms with Crippen LogP contribution in [-0.2, 0) is 22.6 Å². The van der Waals surface area contributed by atoms with Gasteiger partial charge in [-0.3, -0.25) is 9.59 Å². The smallest absolute Gasteiger partial charge is 0.227 e. The zero-order chi connectivity index (χ0) is 22.3. The average Bonchev–Trinajstić information content (AvgIpc) is 3.43. The normalized spacial score (nSPS) is 13.4. The molecule has 1 aliphatic rings. The molecule has 1 aromatic heterocycles. The first-order valence-electron chi connectivity index (χ1n) is 10.8. The molecule has 1 fully saturated rings. The second-order valence-electron chi connectivity index (χ2n) is 7.64. The van der Waals surface area contributed by atoms with Crippen LogP contribution in [-0.4, -0.2) is 40.0 Å². The first kappa shape index (κ1) is 21.5. The van der Waals surface area contributed by atoms with Gasteiger partial charge in [0.1, 0.15) is 5.75 Å². The van der Waals surface area contributed by atoms with Crippen LogP contribution in [0.25, 0.3) is 11.4 Å². The van der Waals surface area contributed by atoms with Crippen LogP contribution in [0.3, 0.4) is 0 Å². The molecule has 0 unspecified atom stereocenters. The van der Waals surface area contributed by atoms with Gasteiger partial charge in [-0.2, -0.15) is 4.98 Å². The number of hydrogen-bond acceptors (Lipinski definition) is 6. The summed E-state index contributed by atoms with van der Waals surface area (Å²) < 4.78 is 10.7. The van der Waals surface area contributed by atoms with Gasteiger partial charge in [-0.25, -0.2) is 0 Å². The quantitative estimate of drug-likeness (QED) is 0.550. The number of aryl methyl sites for hydroxylation is 1. The Hall–Kier alpha value is -3.68. The Kier molecular flexibility index (Phi) is 6.79. The van der Waals surface area contributed by atoms with Gasteiger partial charge in [0.05, 0.1) is 6.61 Å². The average molecular weight is 434 g/mol. The Bertz CT molecular complexity index is 1080. The molecule has 1 N–H and O–H groups in total. The zero-order valence-electron chi connectivity index (χ0n) is 18.0. The number of anilines is 1. The van der Waals surface area contributed by atoms with Gasteiger partial charge in [-0.1, -0.05) is 17.3 Å². The summed E-state index contributed by atoms with van der Waals surface area (Å²) in [4.78, 5) is 30.4. The van der Waals surface area contributed by atoms with E-state index < -0.39 is 0 Å². The van der Waals surface area contributed by atoms with Crippen LogP contribution in [0.4, 0.5) is 5.69 Å². The Morgan fingerprint density at radius 1 is 1.22 bits per heavy atom. The second kappa shape index (κ2) is 10.1. The van der Waals surface area contributed by atoms with Gasteiger partial charge in [-0.15, -0.1) is 0 Å². The first-order valence-corrected chi connectivity index (χ1v) is 10.8. The second-order valence-corrected chi connectivity index (χ2v) is 7.64. The monoisotopic (exact) mass is 434 g/mol. The fourth-order valence-electron chi connectivity index (χ4n) is 3.62. The van der Waals surface area contributed by atoms with Crippen molar-refractivity contribution in [1.29, 1.82) is 0 Å². The fourth-order valence-corrected chi connectivity index (χ4v) is 3.62. The van der Waals surface area contributed by atoms with Gasteiger partial charge < -0.3 is 19.5 Å². The Morgan fingerprint density at radius 2 is 2.06 bits per heavy atom. The lowest BCUT2D eigenvalue weighted by atomic mass is 10.2. The molecule has 8 nitrogen and oxygen atoms in total. The van der Waals surface area contributed by atoms with Crippen LogP contribution in [0.5, 0.6) is 5.75 Å². The lowest BCUT2D eigenvalue weighted by Crippen LogP contribution is -2.23. The molecule has 166 valence electrons. The molecule has 0 spiro atoms. The summed E-state index contributed by atoms with van der Waals surface area (Å²) in [5.41, 5.74) is 2.52. The highest BCUT2D eigenvalue weighted by molar-refractivity contribution is 5.90. The minimum Gasteiger partial charge on any atom is -0.494 e. The molecule has 2 heterocycles. The standard InChI is InChI=1S/C24H26N4O4/c1-2-31-20-10-8-18(9-11-20)24-26-22(32-27-24)13-12-21(29)25-19-6-3-5-17(15-19)16-28-14-4-7-23(28)30/h3,5-6,8-11,15H,2,4,7,12-14,16H2,1H3,(H,25,29). The number of nitrogens with zero attached hydrogens (tertiary/aromatic N) is 3. The number of benzene rings is 2. The van der Waals surface area contributed by atoms with E-state index >= 15 is 0 Å². The van der Waals surface area contributed by atoms with Crippen LogP contribution in [0, 0.1) is 0 Å². The molecule has 8 heteroatoms. The Balaban J connectivity index is 1.29. The van der Waals surface area contributed by atoms with E-state index in [9.17, 15) is 9.59 Å². The highest BCUT2D eigenvalue weighted by atomic mass is 16.5. The zero-order valence-corrected chi connectivity index (χ0v) is 18.0. The third-order valence-corrected chi connectivity index (χ3v) is 5.21. The van der Waals surface area contributed by atoms with Crippen molar-refractivity contribution in [2.45, 2.75) is 39.2 Å². The molecule has 0 bridgehead atoms. The van der Waals surface area contributed by atoms with Crippen molar-refractivity contribution < 1.29 is 18.8 Å². The van der Waals surface area contributed by atoms with Crippen LogP contribution >= 0.6 is 0 Å². The van der Waals surface area contributed by atoms with E-state index in [2.05, 4.69) is 15.5 Å². The molecule has 0 radical (unpaired) electrons. The van der Waals surface area contributed by atoms with Crippen molar-refractivity contribution >= 4 is 17.5 Å². The van der Waals surface area contributed by atoms with Gasteiger partial charge in [-0.05, 0) is 55.3 Å². The first-order chi connectivity index (χ1) is 15.6. The number of carbonyl (C=O) groups is 2. The number of amides is 2. The largest absolute Gasteiger partial charge is 0.494 e. The molecular weight excluding hydrogens is 408 g/mol. The maximum atomic E-state index is 12.4. The molecular formula is C24H26N4O4. The van der Waals surface area contributed by atoms with E-state index in [0.29, 0.717) is 43.4 Å². The van der Waals surface area contributed by atoms with Crippen molar-refractivity contribution in [3.63, 3.8) is 0 Å².